The van der Waals surface area contributed by atoms with Crippen LogP contribution in [0.3, 0.4) is 0 Å². The fourth-order valence-corrected chi connectivity index (χ4v) is 3.41. The van der Waals surface area contributed by atoms with Gasteiger partial charge in [0.2, 0.25) is 5.91 Å². The van der Waals surface area contributed by atoms with Gasteiger partial charge >= 0.3 is 0 Å². The van der Waals surface area contributed by atoms with E-state index >= 15 is 0 Å². The number of hydrogen-bond acceptors (Lipinski definition) is 4. The average molecular weight is 417 g/mol. The first-order chi connectivity index (χ1) is 12.0. The molecule has 0 aliphatic carbocycles. The second kappa shape index (κ2) is 7.84. The number of amides is 1. The molecule has 1 N–H and O–H groups in total. The summed E-state index contributed by atoms with van der Waals surface area (Å²) in [6.07, 6.45) is 1.67. The molecule has 0 bridgehead atoms. The van der Waals surface area contributed by atoms with Gasteiger partial charge in [0.15, 0.2) is 5.16 Å². The zero-order valence-electron chi connectivity index (χ0n) is 13.9. The van der Waals surface area contributed by atoms with Crippen molar-refractivity contribution in [3.05, 3.63) is 64.4 Å². The zero-order valence-corrected chi connectivity index (χ0v) is 16.3. The van der Waals surface area contributed by atoms with Crippen LogP contribution in [0, 0.1) is 13.8 Å². The molecule has 0 radical (unpaired) electrons. The number of aromatic nitrogens is 3. The molecule has 0 unspecified atom stereocenters. The Morgan fingerprint density at radius 1 is 1.20 bits per heavy atom. The van der Waals surface area contributed by atoms with Crippen molar-refractivity contribution in [3.8, 4) is 5.69 Å². The number of hydrogen-bond donors (Lipinski definition) is 1. The number of rotatable bonds is 5. The van der Waals surface area contributed by atoms with Gasteiger partial charge in [0.05, 0.1) is 11.4 Å². The molecule has 0 aliphatic heterocycles. The Labute approximate surface area is 159 Å². The van der Waals surface area contributed by atoms with Crippen molar-refractivity contribution in [2.24, 2.45) is 0 Å². The lowest BCUT2D eigenvalue weighted by Gasteiger charge is -2.10. The number of carbonyl (C=O) groups excluding carboxylic acids is 1. The fourth-order valence-electron chi connectivity index (χ4n) is 2.42. The predicted molar refractivity (Wildman–Crippen MR) is 104 cm³/mol. The van der Waals surface area contributed by atoms with Crippen LogP contribution in [-0.2, 0) is 4.79 Å². The van der Waals surface area contributed by atoms with E-state index in [-0.39, 0.29) is 11.7 Å². The summed E-state index contributed by atoms with van der Waals surface area (Å²) >= 11 is 4.73. The number of thioether (sulfide) groups is 1. The smallest absolute Gasteiger partial charge is 0.234 e. The molecule has 7 heteroatoms. The highest BCUT2D eigenvalue weighted by Crippen LogP contribution is 2.23. The summed E-state index contributed by atoms with van der Waals surface area (Å²) in [4.78, 5) is 12.2. The molecule has 25 heavy (non-hydrogen) atoms. The van der Waals surface area contributed by atoms with Gasteiger partial charge in [-0.25, -0.2) is 0 Å². The maximum Gasteiger partial charge on any atom is 0.234 e. The van der Waals surface area contributed by atoms with Crippen LogP contribution in [0.5, 0.6) is 0 Å². The van der Waals surface area contributed by atoms with E-state index in [1.807, 2.05) is 34.9 Å². The molecule has 2 aromatic carbocycles. The van der Waals surface area contributed by atoms with Gasteiger partial charge in [0.1, 0.15) is 6.33 Å². The molecule has 128 valence electrons. The first-order valence-electron chi connectivity index (χ1n) is 7.69. The van der Waals surface area contributed by atoms with Gasteiger partial charge in [-0.15, -0.1) is 10.2 Å². The van der Waals surface area contributed by atoms with Crippen LogP contribution >= 0.6 is 27.7 Å². The maximum atomic E-state index is 12.2. The Morgan fingerprint density at radius 2 is 1.96 bits per heavy atom. The van der Waals surface area contributed by atoms with Crippen molar-refractivity contribution in [3.63, 3.8) is 0 Å². The minimum Gasteiger partial charge on any atom is -0.325 e. The standard InChI is InChI=1S/C18H17BrN4OS/c1-12-3-8-16(13(2)9-12)23-11-20-22-18(23)25-10-17(24)21-15-6-4-14(19)5-7-15/h3-9,11H,10H2,1-2H3,(H,21,24). The van der Waals surface area contributed by atoms with Crippen molar-refractivity contribution >= 4 is 39.3 Å². The normalized spacial score (nSPS) is 10.7. The molecule has 0 saturated heterocycles. The third kappa shape index (κ3) is 4.49. The van der Waals surface area contributed by atoms with Gasteiger partial charge in [-0.3, -0.25) is 9.36 Å². The molecule has 1 amide bonds. The summed E-state index contributed by atoms with van der Waals surface area (Å²) in [5.41, 5.74) is 4.13. The van der Waals surface area contributed by atoms with Crippen molar-refractivity contribution in [1.82, 2.24) is 14.8 Å². The van der Waals surface area contributed by atoms with Crippen LogP contribution in [0.1, 0.15) is 11.1 Å². The minimum atomic E-state index is -0.0810. The molecule has 1 heterocycles. The molecule has 1 aromatic heterocycles. The van der Waals surface area contributed by atoms with E-state index in [1.165, 1.54) is 17.3 Å². The fraction of sp³-hybridized carbons (Fsp3) is 0.167. The number of carbonyl (C=O) groups is 1. The summed E-state index contributed by atoms with van der Waals surface area (Å²) < 4.78 is 2.88. The molecule has 3 rings (SSSR count). The number of nitrogens with one attached hydrogen (secondary N) is 1. The Kier molecular flexibility index (Phi) is 5.55. The summed E-state index contributed by atoms with van der Waals surface area (Å²) in [5.74, 6) is 0.183. The largest absolute Gasteiger partial charge is 0.325 e. The van der Waals surface area contributed by atoms with Gasteiger partial charge in [-0.1, -0.05) is 45.4 Å². The first kappa shape index (κ1) is 17.7. The predicted octanol–water partition coefficient (Wildman–Crippen LogP) is 4.38. The molecule has 0 fully saturated rings. The monoisotopic (exact) mass is 416 g/mol. The van der Waals surface area contributed by atoms with Crippen molar-refractivity contribution < 1.29 is 4.79 Å². The van der Waals surface area contributed by atoms with E-state index in [2.05, 4.69) is 57.4 Å². The van der Waals surface area contributed by atoms with Gasteiger partial charge in [-0.05, 0) is 49.7 Å². The minimum absolute atomic E-state index is 0.0810. The highest BCUT2D eigenvalue weighted by atomic mass is 79.9. The quantitative estimate of drug-likeness (QED) is 0.626. The molecule has 0 atom stereocenters. The second-order valence-electron chi connectivity index (χ2n) is 5.62. The molecular formula is C18H17BrN4OS. The average Bonchev–Trinajstić information content (AvgIpc) is 3.03. The molecule has 0 aliphatic rings. The zero-order chi connectivity index (χ0) is 17.8. The van der Waals surface area contributed by atoms with Crippen LogP contribution < -0.4 is 5.32 Å². The lowest BCUT2D eigenvalue weighted by molar-refractivity contribution is -0.113. The van der Waals surface area contributed by atoms with E-state index in [1.54, 1.807) is 6.33 Å². The SMILES string of the molecule is Cc1ccc(-n2cnnc2SCC(=O)Nc2ccc(Br)cc2)c(C)c1. The van der Waals surface area contributed by atoms with Crippen molar-refractivity contribution in [2.75, 3.05) is 11.1 Å². The Hall–Kier alpha value is -2.12. The van der Waals surface area contributed by atoms with E-state index in [0.717, 1.165) is 21.4 Å². The van der Waals surface area contributed by atoms with Crippen molar-refractivity contribution in [1.29, 1.82) is 0 Å². The van der Waals surface area contributed by atoms with E-state index in [9.17, 15) is 4.79 Å². The lowest BCUT2D eigenvalue weighted by Crippen LogP contribution is -2.14. The number of benzene rings is 2. The third-order valence-electron chi connectivity index (χ3n) is 3.59. The highest BCUT2D eigenvalue weighted by molar-refractivity contribution is 9.10. The van der Waals surface area contributed by atoms with Gasteiger partial charge in [-0.2, -0.15) is 0 Å². The molecule has 0 spiro atoms. The van der Waals surface area contributed by atoms with Crippen LogP contribution in [0.2, 0.25) is 0 Å². The first-order valence-corrected chi connectivity index (χ1v) is 9.46. The molecule has 0 saturated carbocycles. The van der Waals surface area contributed by atoms with Crippen LogP contribution in [0.4, 0.5) is 5.69 Å². The maximum absolute atomic E-state index is 12.2. The summed E-state index contributed by atoms with van der Waals surface area (Å²) in [5, 5.41) is 11.7. The Bertz CT molecular complexity index is 892. The van der Waals surface area contributed by atoms with Crippen molar-refractivity contribution in [2.45, 2.75) is 19.0 Å². The topological polar surface area (TPSA) is 59.8 Å². The number of anilines is 1. The van der Waals surface area contributed by atoms with Gasteiger partial charge in [0, 0.05) is 10.2 Å². The third-order valence-corrected chi connectivity index (χ3v) is 5.06. The van der Waals surface area contributed by atoms with E-state index in [4.69, 9.17) is 0 Å². The number of aryl methyl sites for hydroxylation is 2. The van der Waals surface area contributed by atoms with Crippen LogP contribution in [0.25, 0.3) is 5.69 Å². The summed E-state index contributed by atoms with van der Waals surface area (Å²) in [6, 6.07) is 13.7. The molecule has 3 aromatic rings. The van der Waals surface area contributed by atoms with Crippen LogP contribution in [0.15, 0.2) is 58.4 Å². The van der Waals surface area contributed by atoms with Crippen LogP contribution in [-0.4, -0.2) is 26.4 Å². The Balaban J connectivity index is 1.67. The highest BCUT2D eigenvalue weighted by Gasteiger charge is 2.12. The van der Waals surface area contributed by atoms with Gasteiger partial charge < -0.3 is 5.32 Å². The molecule has 5 nitrogen and oxygen atoms in total. The second-order valence-corrected chi connectivity index (χ2v) is 7.48. The summed E-state index contributed by atoms with van der Waals surface area (Å²) in [6.45, 7) is 4.11. The van der Waals surface area contributed by atoms with E-state index in [0.29, 0.717) is 5.16 Å². The van der Waals surface area contributed by atoms with Gasteiger partial charge in [0.25, 0.3) is 0 Å². The number of nitrogens with zero attached hydrogens (tertiary/aromatic N) is 3. The van der Waals surface area contributed by atoms with E-state index < -0.39 is 0 Å². The number of halogens is 1. The molecular weight excluding hydrogens is 400 g/mol. The lowest BCUT2D eigenvalue weighted by atomic mass is 10.1. The Morgan fingerprint density at radius 3 is 2.68 bits per heavy atom. The summed E-state index contributed by atoms with van der Waals surface area (Å²) in [7, 11) is 0.